The minimum atomic E-state index is -0.312. The molecule has 3 atom stereocenters. The van der Waals surface area contributed by atoms with E-state index in [-0.39, 0.29) is 18.2 Å². The molecule has 3 heterocycles. The topological polar surface area (TPSA) is 80.4 Å². The van der Waals surface area contributed by atoms with Gasteiger partial charge in [0.2, 0.25) is 5.89 Å². The smallest absolute Gasteiger partial charge is 0.243 e. The summed E-state index contributed by atoms with van der Waals surface area (Å²) in [5, 5.41) is 16.5. The van der Waals surface area contributed by atoms with Gasteiger partial charge in [0.05, 0.1) is 18.2 Å². The van der Waals surface area contributed by atoms with E-state index in [1.807, 2.05) is 0 Å². The Kier molecular flexibility index (Phi) is 3.09. The Hall–Kier alpha value is -0.980. The summed E-state index contributed by atoms with van der Waals surface area (Å²) in [4.78, 5) is 4.36. The van der Waals surface area contributed by atoms with Gasteiger partial charge in [-0.25, -0.2) is 0 Å². The van der Waals surface area contributed by atoms with Crippen molar-refractivity contribution in [3.8, 4) is 0 Å². The van der Waals surface area contributed by atoms with Crippen LogP contribution in [0.25, 0.3) is 0 Å². The molecular weight excluding hydrogens is 222 g/mol. The number of rotatable bonds is 3. The van der Waals surface area contributed by atoms with E-state index >= 15 is 0 Å². The first-order valence-electron chi connectivity index (χ1n) is 6.17. The van der Waals surface area contributed by atoms with Gasteiger partial charge in [-0.05, 0) is 19.3 Å². The summed E-state index contributed by atoms with van der Waals surface area (Å²) in [6.45, 7) is 1.43. The van der Waals surface area contributed by atoms with E-state index in [1.165, 1.54) is 0 Å². The Morgan fingerprint density at radius 2 is 2.41 bits per heavy atom. The lowest BCUT2D eigenvalue weighted by Crippen LogP contribution is -2.15. The summed E-state index contributed by atoms with van der Waals surface area (Å²) < 4.78 is 10.7. The molecule has 17 heavy (non-hydrogen) atoms. The van der Waals surface area contributed by atoms with Gasteiger partial charge in [0, 0.05) is 19.6 Å². The number of ether oxygens (including phenoxy) is 1. The molecule has 0 amide bonds. The zero-order chi connectivity index (χ0) is 11.7. The highest BCUT2D eigenvalue weighted by Crippen LogP contribution is 2.22. The minimum absolute atomic E-state index is 0.00394. The van der Waals surface area contributed by atoms with Crippen LogP contribution >= 0.6 is 0 Å². The number of hydrogen-bond donors (Lipinski definition) is 2. The van der Waals surface area contributed by atoms with E-state index in [0.717, 1.165) is 25.9 Å². The third-order valence-electron chi connectivity index (χ3n) is 3.32. The summed E-state index contributed by atoms with van der Waals surface area (Å²) in [6.07, 6.45) is 3.48. The van der Waals surface area contributed by atoms with Crippen LogP contribution in [0.4, 0.5) is 0 Å². The van der Waals surface area contributed by atoms with Gasteiger partial charge >= 0.3 is 0 Å². The first-order valence-corrected chi connectivity index (χ1v) is 6.17. The third kappa shape index (κ3) is 2.48. The van der Waals surface area contributed by atoms with Crippen molar-refractivity contribution in [2.45, 2.75) is 43.9 Å². The quantitative estimate of drug-likeness (QED) is 0.783. The highest BCUT2D eigenvalue weighted by Gasteiger charge is 2.28. The van der Waals surface area contributed by atoms with Crippen LogP contribution in [0.3, 0.4) is 0 Å². The minimum Gasteiger partial charge on any atom is -0.392 e. The highest BCUT2D eigenvalue weighted by atomic mass is 16.5. The Morgan fingerprint density at radius 1 is 1.47 bits per heavy atom. The highest BCUT2D eigenvalue weighted by molar-refractivity contribution is 4.98. The van der Waals surface area contributed by atoms with Crippen molar-refractivity contribution in [1.29, 1.82) is 0 Å². The molecule has 2 N–H and O–H groups in total. The average molecular weight is 239 g/mol. The van der Waals surface area contributed by atoms with Crippen LogP contribution in [0, 0.1) is 0 Å². The molecule has 94 valence electrons. The van der Waals surface area contributed by atoms with Gasteiger partial charge in [0.25, 0.3) is 0 Å². The molecule has 0 aliphatic carbocycles. The number of nitrogens with zero attached hydrogens (tertiary/aromatic N) is 2. The predicted octanol–water partition coefficient (Wildman–Crippen LogP) is 0.186. The first kappa shape index (κ1) is 11.1. The van der Waals surface area contributed by atoms with Crippen LogP contribution in [0.1, 0.15) is 37.0 Å². The molecule has 1 unspecified atom stereocenters. The van der Waals surface area contributed by atoms with Crippen LogP contribution in [0.15, 0.2) is 4.52 Å². The monoisotopic (exact) mass is 239 g/mol. The summed E-state index contributed by atoms with van der Waals surface area (Å²) >= 11 is 0. The number of aliphatic hydroxyl groups excluding tert-OH is 1. The van der Waals surface area contributed by atoms with Gasteiger partial charge in [0.15, 0.2) is 5.82 Å². The average Bonchev–Trinajstić information content (AvgIpc) is 2.99. The Morgan fingerprint density at radius 3 is 3.12 bits per heavy atom. The van der Waals surface area contributed by atoms with Crippen molar-refractivity contribution in [3.63, 3.8) is 0 Å². The van der Waals surface area contributed by atoms with Crippen LogP contribution in [-0.4, -0.2) is 40.6 Å². The fourth-order valence-electron chi connectivity index (χ4n) is 2.41. The Balaban J connectivity index is 1.61. The molecule has 0 saturated carbocycles. The maximum atomic E-state index is 9.43. The zero-order valence-corrected chi connectivity index (χ0v) is 9.63. The summed E-state index contributed by atoms with van der Waals surface area (Å²) in [6, 6.07) is -0.00394. The molecule has 3 rings (SSSR count). The number of aromatic nitrogens is 2. The van der Waals surface area contributed by atoms with E-state index in [4.69, 9.17) is 9.26 Å². The summed E-state index contributed by atoms with van der Waals surface area (Å²) in [5.74, 6) is 1.28. The second-order valence-corrected chi connectivity index (χ2v) is 4.74. The normalized spacial score (nSPS) is 33.4. The van der Waals surface area contributed by atoms with E-state index in [0.29, 0.717) is 24.7 Å². The largest absolute Gasteiger partial charge is 0.392 e. The molecular formula is C11H17N3O3. The SMILES string of the molecule is O[C@@H]1CN[C@H](c2nc(CC3CCCO3)no2)C1. The van der Waals surface area contributed by atoms with Gasteiger partial charge in [-0.15, -0.1) is 0 Å². The van der Waals surface area contributed by atoms with Gasteiger partial charge < -0.3 is 19.7 Å². The lowest BCUT2D eigenvalue weighted by molar-refractivity contribution is 0.109. The first-order chi connectivity index (χ1) is 8.31. The number of aliphatic hydroxyl groups is 1. The number of β-amino-alcohol motifs (C(OH)–C–C–N with tert-alkyl or cyclic N) is 1. The lowest BCUT2D eigenvalue weighted by Gasteiger charge is -2.04. The third-order valence-corrected chi connectivity index (χ3v) is 3.32. The molecule has 1 aromatic rings. The molecule has 6 heteroatoms. The fraction of sp³-hybridized carbons (Fsp3) is 0.818. The summed E-state index contributed by atoms with van der Waals surface area (Å²) in [7, 11) is 0. The van der Waals surface area contributed by atoms with Gasteiger partial charge in [-0.1, -0.05) is 5.16 Å². The van der Waals surface area contributed by atoms with Gasteiger partial charge in [-0.3, -0.25) is 0 Å². The molecule has 2 aliphatic rings. The van der Waals surface area contributed by atoms with Crippen molar-refractivity contribution >= 4 is 0 Å². The van der Waals surface area contributed by atoms with Gasteiger partial charge in [-0.2, -0.15) is 4.98 Å². The maximum absolute atomic E-state index is 9.43. The molecule has 1 aromatic heterocycles. The zero-order valence-electron chi connectivity index (χ0n) is 9.63. The summed E-state index contributed by atoms with van der Waals surface area (Å²) in [5.41, 5.74) is 0. The van der Waals surface area contributed by atoms with Crippen molar-refractivity contribution < 1.29 is 14.4 Å². The molecule has 0 radical (unpaired) electrons. The molecule has 0 spiro atoms. The molecule has 2 saturated heterocycles. The van der Waals surface area contributed by atoms with Crippen molar-refractivity contribution in [2.24, 2.45) is 0 Å². The van der Waals surface area contributed by atoms with Crippen LogP contribution in [0.2, 0.25) is 0 Å². The van der Waals surface area contributed by atoms with E-state index < -0.39 is 0 Å². The van der Waals surface area contributed by atoms with E-state index in [9.17, 15) is 5.11 Å². The number of hydrogen-bond acceptors (Lipinski definition) is 6. The number of nitrogens with one attached hydrogen (secondary N) is 1. The molecule has 2 aliphatic heterocycles. The van der Waals surface area contributed by atoms with Crippen molar-refractivity contribution in [1.82, 2.24) is 15.5 Å². The fourth-order valence-corrected chi connectivity index (χ4v) is 2.41. The van der Waals surface area contributed by atoms with Crippen LogP contribution < -0.4 is 5.32 Å². The van der Waals surface area contributed by atoms with Crippen LogP contribution in [-0.2, 0) is 11.2 Å². The standard InChI is InChI=1S/C11H17N3O3/c15-7-4-9(12-6-7)11-13-10(14-17-11)5-8-2-1-3-16-8/h7-9,12,15H,1-6H2/t7-,8?,9-/m0/s1. The molecule has 0 bridgehead atoms. The predicted molar refractivity (Wildman–Crippen MR) is 58.3 cm³/mol. The second kappa shape index (κ2) is 4.72. The maximum Gasteiger partial charge on any atom is 0.243 e. The molecule has 2 fully saturated rings. The lowest BCUT2D eigenvalue weighted by atomic mass is 10.2. The van der Waals surface area contributed by atoms with E-state index in [1.54, 1.807) is 0 Å². The van der Waals surface area contributed by atoms with Crippen molar-refractivity contribution in [2.75, 3.05) is 13.2 Å². The van der Waals surface area contributed by atoms with Crippen LogP contribution in [0.5, 0.6) is 0 Å². The second-order valence-electron chi connectivity index (χ2n) is 4.74. The Bertz CT molecular complexity index is 376. The Labute approximate surface area is 99.3 Å². The molecule has 6 nitrogen and oxygen atoms in total. The van der Waals surface area contributed by atoms with E-state index in [2.05, 4.69) is 15.5 Å². The van der Waals surface area contributed by atoms with Crippen molar-refractivity contribution in [3.05, 3.63) is 11.7 Å². The van der Waals surface area contributed by atoms with Gasteiger partial charge in [0.1, 0.15) is 0 Å². The molecule has 0 aromatic carbocycles.